The molecule has 154 valence electrons. The number of thioether (sulfide) groups is 1. The summed E-state index contributed by atoms with van der Waals surface area (Å²) in [6.07, 6.45) is 1.70. The first kappa shape index (κ1) is 20.7. The van der Waals surface area contributed by atoms with Crippen molar-refractivity contribution in [1.29, 1.82) is 0 Å². The maximum Gasteiger partial charge on any atom is 0.226 e. The van der Waals surface area contributed by atoms with Crippen LogP contribution < -0.4 is 0 Å². The van der Waals surface area contributed by atoms with Gasteiger partial charge in [-0.2, -0.15) is 0 Å². The number of hydrogen-bond acceptors (Lipinski definition) is 6. The van der Waals surface area contributed by atoms with Crippen LogP contribution in [-0.2, 0) is 5.75 Å². The van der Waals surface area contributed by atoms with Gasteiger partial charge in [-0.25, -0.2) is 4.98 Å². The number of rotatable bonds is 7. The van der Waals surface area contributed by atoms with Crippen molar-refractivity contribution in [3.8, 4) is 17.1 Å². The lowest BCUT2D eigenvalue weighted by molar-refractivity contribution is 0.305. The standard InChI is InChI=1S/C22H22ClN5OS/c1-15(27(2)3)20-25-26-22(28(20)19-11-9-17(23)10-12-19)30-14-18-13-29-21(24-18)16-7-5-4-6-8-16/h4-13,15H,14H2,1-3H3/t15-/m0/s1. The minimum Gasteiger partial charge on any atom is -0.444 e. The number of aromatic nitrogens is 4. The molecule has 4 aromatic rings. The van der Waals surface area contributed by atoms with E-state index in [0.717, 1.165) is 27.9 Å². The van der Waals surface area contributed by atoms with Crippen LogP contribution in [0.1, 0.15) is 24.5 Å². The first-order chi connectivity index (χ1) is 14.5. The van der Waals surface area contributed by atoms with Gasteiger partial charge in [0.2, 0.25) is 5.89 Å². The predicted octanol–water partition coefficient (Wildman–Crippen LogP) is 5.49. The fourth-order valence-corrected chi connectivity index (χ4v) is 3.90. The van der Waals surface area contributed by atoms with Crippen molar-refractivity contribution in [2.45, 2.75) is 23.9 Å². The van der Waals surface area contributed by atoms with E-state index in [9.17, 15) is 0 Å². The Morgan fingerprint density at radius 3 is 2.50 bits per heavy atom. The fraction of sp³-hybridized carbons (Fsp3) is 0.227. The number of oxazole rings is 1. The van der Waals surface area contributed by atoms with Gasteiger partial charge in [-0.15, -0.1) is 10.2 Å². The van der Waals surface area contributed by atoms with Crippen LogP contribution in [0.15, 0.2) is 70.4 Å². The molecule has 0 radical (unpaired) electrons. The largest absolute Gasteiger partial charge is 0.444 e. The van der Waals surface area contributed by atoms with Gasteiger partial charge in [0.1, 0.15) is 6.26 Å². The van der Waals surface area contributed by atoms with Gasteiger partial charge in [-0.3, -0.25) is 9.47 Å². The minimum atomic E-state index is 0.0965. The second-order valence-corrected chi connectivity index (χ2v) is 8.47. The molecule has 2 aromatic carbocycles. The molecule has 0 bridgehead atoms. The Morgan fingerprint density at radius 2 is 1.80 bits per heavy atom. The van der Waals surface area contributed by atoms with Gasteiger partial charge < -0.3 is 4.42 Å². The normalized spacial score (nSPS) is 12.4. The zero-order valence-corrected chi connectivity index (χ0v) is 18.6. The van der Waals surface area contributed by atoms with Crippen molar-refractivity contribution in [2.24, 2.45) is 0 Å². The third kappa shape index (κ3) is 4.43. The van der Waals surface area contributed by atoms with Gasteiger partial charge in [0.25, 0.3) is 0 Å². The third-order valence-electron chi connectivity index (χ3n) is 4.81. The summed E-state index contributed by atoms with van der Waals surface area (Å²) < 4.78 is 7.73. The number of hydrogen-bond donors (Lipinski definition) is 0. The molecule has 1 atom stereocenters. The summed E-state index contributed by atoms with van der Waals surface area (Å²) in [5.41, 5.74) is 2.78. The van der Waals surface area contributed by atoms with Crippen LogP contribution in [0.3, 0.4) is 0 Å². The van der Waals surface area contributed by atoms with E-state index < -0.39 is 0 Å². The quantitative estimate of drug-likeness (QED) is 0.355. The van der Waals surface area contributed by atoms with E-state index in [1.54, 1.807) is 18.0 Å². The molecule has 0 unspecified atom stereocenters. The molecule has 0 N–H and O–H groups in total. The van der Waals surface area contributed by atoms with E-state index in [-0.39, 0.29) is 6.04 Å². The van der Waals surface area contributed by atoms with Gasteiger partial charge in [0.15, 0.2) is 11.0 Å². The number of benzene rings is 2. The zero-order chi connectivity index (χ0) is 21.1. The van der Waals surface area contributed by atoms with Crippen LogP contribution in [-0.4, -0.2) is 38.7 Å². The smallest absolute Gasteiger partial charge is 0.226 e. The molecule has 0 saturated heterocycles. The van der Waals surface area contributed by atoms with E-state index in [1.165, 1.54) is 0 Å². The lowest BCUT2D eigenvalue weighted by atomic mass is 10.2. The Bertz CT molecular complexity index is 1110. The SMILES string of the molecule is C[C@@H](c1nnc(SCc2coc(-c3ccccc3)n2)n1-c1ccc(Cl)cc1)N(C)C. The molecule has 0 aliphatic carbocycles. The lowest BCUT2D eigenvalue weighted by Gasteiger charge is -2.20. The molecule has 8 heteroatoms. The van der Waals surface area contributed by atoms with Crippen molar-refractivity contribution >= 4 is 23.4 Å². The van der Waals surface area contributed by atoms with E-state index >= 15 is 0 Å². The molecule has 0 spiro atoms. The topological polar surface area (TPSA) is 60.0 Å². The van der Waals surface area contributed by atoms with Crippen LogP contribution in [0.25, 0.3) is 17.1 Å². The highest BCUT2D eigenvalue weighted by atomic mass is 35.5. The fourth-order valence-electron chi connectivity index (χ4n) is 2.93. The summed E-state index contributed by atoms with van der Waals surface area (Å²) in [6.45, 7) is 2.11. The van der Waals surface area contributed by atoms with Crippen molar-refractivity contribution in [1.82, 2.24) is 24.6 Å². The molecule has 2 aromatic heterocycles. The van der Waals surface area contributed by atoms with Gasteiger partial charge in [0.05, 0.1) is 11.7 Å². The van der Waals surface area contributed by atoms with E-state index in [0.29, 0.717) is 16.7 Å². The molecule has 4 rings (SSSR count). The molecule has 0 aliphatic heterocycles. The lowest BCUT2D eigenvalue weighted by Crippen LogP contribution is -2.20. The molecule has 0 aliphatic rings. The summed E-state index contributed by atoms with van der Waals surface area (Å²) in [5.74, 6) is 2.11. The molecule has 2 heterocycles. The highest BCUT2D eigenvalue weighted by Crippen LogP contribution is 2.30. The minimum absolute atomic E-state index is 0.0965. The Labute approximate surface area is 184 Å². The van der Waals surface area contributed by atoms with E-state index in [4.69, 9.17) is 16.0 Å². The Morgan fingerprint density at radius 1 is 1.07 bits per heavy atom. The Hall–Kier alpha value is -2.61. The molecule has 0 saturated carbocycles. The predicted molar refractivity (Wildman–Crippen MR) is 120 cm³/mol. The Balaban J connectivity index is 1.60. The highest BCUT2D eigenvalue weighted by Gasteiger charge is 2.21. The first-order valence-electron chi connectivity index (χ1n) is 9.53. The van der Waals surface area contributed by atoms with Gasteiger partial charge in [-0.05, 0) is 57.4 Å². The summed E-state index contributed by atoms with van der Waals surface area (Å²) in [4.78, 5) is 6.71. The second-order valence-electron chi connectivity index (χ2n) is 7.09. The third-order valence-corrected chi connectivity index (χ3v) is 6.03. The van der Waals surface area contributed by atoms with Crippen LogP contribution in [0.4, 0.5) is 0 Å². The number of nitrogens with zero attached hydrogens (tertiary/aromatic N) is 5. The van der Waals surface area contributed by atoms with Crippen LogP contribution in [0.5, 0.6) is 0 Å². The van der Waals surface area contributed by atoms with Crippen molar-refractivity contribution in [3.63, 3.8) is 0 Å². The summed E-state index contributed by atoms with van der Waals surface area (Å²) in [5, 5.41) is 10.4. The average Bonchev–Trinajstić information content (AvgIpc) is 3.40. The van der Waals surface area contributed by atoms with Gasteiger partial charge in [-0.1, -0.05) is 41.6 Å². The van der Waals surface area contributed by atoms with Crippen LogP contribution >= 0.6 is 23.4 Å². The van der Waals surface area contributed by atoms with Crippen LogP contribution in [0.2, 0.25) is 5.02 Å². The molecule has 0 amide bonds. The van der Waals surface area contributed by atoms with Crippen LogP contribution in [0, 0.1) is 0 Å². The zero-order valence-electron chi connectivity index (χ0n) is 17.0. The Kier molecular flexibility index (Phi) is 6.22. The summed E-state index contributed by atoms with van der Waals surface area (Å²) in [7, 11) is 4.05. The van der Waals surface area contributed by atoms with Crippen molar-refractivity contribution < 1.29 is 4.42 Å². The molecular formula is C22H22ClN5OS. The molecular weight excluding hydrogens is 418 g/mol. The van der Waals surface area contributed by atoms with Gasteiger partial charge in [0, 0.05) is 22.0 Å². The monoisotopic (exact) mass is 439 g/mol. The van der Waals surface area contributed by atoms with E-state index in [2.05, 4.69) is 31.6 Å². The van der Waals surface area contributed by atoms with E-state index in [1.807, 2.05) is 68.7 Å². The number of halogens is 1. The summed E-state index contributed by atoms with van der Waals surface area (Å²) >= 11 is 7.66. The molecule has 6 nitrogen and oxygen atoms in total. The molecule has 0 fully saturated rings. The first-order valence-corrected chi connectivity index (χ1v) is 10.9. The maximum atomic E-state index is 6.09. The maximum absolute atomic E-state index is 6.09. The van der Waals surface area contributed by atoms with Crippen molar-refractivity contribution in [3.05, 3.63) is 77.4 Å². The summed E-state index contributed by atoms with van der Waals surface area (Å²) in [6, 6.07) is 17.7. The second kappa shape index (κ2) is 9.04. The van der Waals surface area contributed by atoms with Gasteiger partial charge >= 0.3 is 0 Å². The average molecular weight is 440 g/mol. The molecule has 30 heavy (non-hydrogen) atoms. The highest BCUT2D eigenvalue weighted by molar-refractivity contribution is 7.98. The van der Waals surface area contributed by atoms with Crippen molar-refractivity contribution in [2.75, 3.05) is 14.1 Å².